The molecule has 2 aromatic heterocycles. The average molecular weight is 408 g/mol. The first-order valence-electron chi connectivity index (χ1n) is 7.81. The molecule has 0 saturated carbocycles. The van der Waals surface area contributed by atoms with Crippen molar-refractivity contribution in [1.29, 1.82) is 0 Å². The number of benzene rings is 1. The Morgan fingerprint density at radius 1 is 1.23 bits per heavy atom. The number of hydrogen-bond acceptors (Lipinski definition) is 9. The summed E-state index contributed by atoms with van der Waals surface area (Å²) in [6, 6.07) is 6.08. The van der Waals surface area contributed by atoms with E-state index in [-0.39, 0.29) is 11.7 Å². The molecule has 0 aliphatic rings. The number of tetrazole rings is 1. The molecule has 11 heteroatoms. The highest BCUT2D eigenvalue weighted by Crippen LogP contribution is 2.26. The standard InChI is InChI=1S/C15H17N7OS3/c1-4-24-15-19-17-13(26-15)16-12(23)8-25-14-18-20-21-22(14)11-7-9(2)5-6-10(11)3/h5-7H,4,8H2,1-3H3,(H,16,17,23). The lowest BCUT2D eigenvalue weighted by atomic mass is 10.1. The molecule has 1 N–H and O–H groups in total. The molecule has 26 heavy (non-hydrogen) atoms. The molecule has 3 rings (SSSR count). The summed E-state index contributed by atoms with van der Waals surface area (Å²) in [4.78, 5) is 12.2. The predicted molar refractivity (Wildman–Crippen MR) is 104 cm³/mol. The van der Waals surface area contributed by atoms with Crippen LogP contribution < -0.4 is 5.32 Å². The maximum atomic E-state index is 12.2. The Balaban J connectivity index is 1.64. The minimum absolute atomic E-state index is 0.172. The monoisotopic (exact) mass is 407 g/mol. The molecular formula is C15H17N7OS3. The molecule has 0 atom stereocenters. The summed E-state index contributed by atoms with van der Waals surface area (Å²) in [6.07, 6.45) is 0. The highest BCUT2D eigenvalue weighted by Gasteiger charge is 2.14. The molecule has 1 amide bonds. The van der Waals surface area contributed by atoms with Crippen LogP contribution in [-0.2, 0) is 4.79 Å². The Hall–Kier alpha value is -1.98. The third-order valence-electron chi connectivity index (χ3n) is 3.29. The largest absolute Gasteiger partial charge is 0.300 e. The number of hydrogen-bond donors (Lipinski definition) is 1. The third-order valence-corrected chi connectivity index (χ3v) is 6.06. The predicted octanol–water partition coefficient (Wildman–Crippen LogP) is 2.97. The van der Waals surface area contributed by atoms with Gasteiger partial charge in [-0.15, -0.1) is 15.3 Å². The number of carbonyl (C=O) groups is 1. The highest BCUT2D eigenvalue weighted by atomic mass is 32.2. The van der Waals surface area contributed by atoms with Crippen LogP contribution in [0.2, 0.25) is 0 Å². The first kappa shape index (κ1) is 18.8. The lowest BCUT2D eigenvalue weighted by Gasteiger charge is -2.08. The van der Waals surface area contributed by atoms with Gasteiger partial charge in [0.25, 0.3) is 0 Å². The topological polar surface area (TPSA) is 98.5 Å². The van der Waals surface area contributed by atoms with Crippen LogP contribution in [0.4, 0.5) is 5.13 Å². The Morgan fingerprint density at radius 3 is 2.88 bits per heavy atom. The molecular weight excluding hydrogens is 390 g/mol. The molecule has 136 valence electrons. The lowest BCUT2D eigenvalue weighted by molar-refractivity contribution is -0.113. The lowest BCUT2D eigenvalue weighted by Crippen LogP contribution is -2.14. The number of anilines is 1. The number of nitrogens with zero attached hydrogens (tertiary/aromatic N) is 6. The van der Waals surface area contributed by atoms with Gasteiger partial charge >= 0.3 is 0 Å². The van der Waals surface area contributed by atoms with Crippen LogP contribution in [0.25, 0.3) is 5.69 Å². The van der Waals surface area contributed by atoms with Crippen LogP contribution in [-0.4, -0.2) is 47.8 Å². The SMILES string of the molecule is CCSc1nnc(NC(=O)CSc2nnnn2-c2cc(C)ccc2C)s1. The fourth-order valence-electron chi connectivity index (χ4n) is 2.10. The second-order valence-electron chi connectivity index (χ2n) is 5.31. The molecule has 0 aliphatic heterocycles. The number of nitrogens with one attached hydrogen (secondary N) is 1. The molecule has 0 radical (unpaired) electrons. The molecule has 0 spiro atoms. The van der Waals surface area contributed by atoms with Gasteiger partial charge in [0.15, 0.2) is 4.34 Å². The first-order chi connectivity index (χ1) is 12.6. The molecule has 0 aliphatic carbocycles. The van der Waals surface area contributed by atoms with Gasteiger partial charge in [-0.25, -0.2) is 0 Å². The Labute approximate surface area is 163 Å². The zero-order valence-corrected chi connectivity index (χ0v) is 16.9. The molecule has 0 fully saturated rings. The van der Waals surface area contributed by atoms with Crippen molar-refractivity contribution >= 4 is 45.9 Å². The van der Waals surface area contributed by atoms with Crippen molar-refractivity contribution < 1.29 is 4.79 Å². The minimum atomic E-state index is -0.172. The van der Waals surface area contributed by atoms with Crippen LogP contribution in [0.15, 0.2) is 27.7 Å². The number of aromatic nitrogens is 6. The van der Waals surface area contributed by atoms with Gasteiger partial charge in [0.2, 0.25) is 16.2 Å². The molecule has 0 saturated heterocycles. The maximum absolute atomic E-state index is 12.2. The fourth-order valence-corrected chi connectivity index (χ4v) is 4.44. The van der Waals surface area contributed by atoms with Crippen molar-refractivity contribution in [2.24, 2.45) is 0 Å². The molecule has 0 bridgehead atoms. The molecule has 8 nitrogen and oxygen atoms in total. The van der Waals surface area contributed by atoms with Crippen molar-refractivity contribution in [3.05, 3.63) is 29.3 Å². The zero-order valence-electron chi connectivity index (χ0n) is 14.5. The summed E-state index contributed by atoms with van der Waals surface area (Å²) in [6.45, 7) is 6.06. The first-order valence-corrected chi connectivity index (χ1v) is 10.6. The summed E-state index contributed by atoms with van der Waals surface area (Å²) < 4.78 is 2.50. The van der Waals surface area contributed by atoms with Gasteiger partial charge in [-0.05, 0) is 47.2 Å². The summed E-state index contributed by atoms with van der Waals surface area (Å²) in [7, 11) is 0. The quantitative estimate of drug-likeness (QED) is 0.471. The van der Waals surface area contributed by atoms with Crippen LogP contribution in [0.1, 0.15) is 18.1 Å². The van der Waals surface area contributed by atoms with Crippen molar-refractivity contribution in [2.45, 2.75) is 30.3 Å². The number of amides is 1. The van der Waals surface area contributed by atoms with E-state index < -0.39 is 0 Å². The van der Waals surface area contributed by atoms with E-state index in [2.05, 4.69) is 31.0 Å². The van der Waals surface area contributed by atoms with Crippen molar-refractivity contribution in [3.8, 4) is 5.69 Å². The number of thioether (sulfide) groups is 2. The zero-order chi connectivity index (χ0) is 18.5. The van der Waals surface area contributed by atoms with Gasteiger partial charge < -0.3 is 0 Å². The summed E-state index contributed by atoms with van der Waals surface area (Å²) in [5, 5.41) is 23.6. The van der Waals surface area contributed by atoms with Gasteiger partial charge in [0.05, 0.1) is 11.4 Å². The van der Waals surface area contributed by atoms with Gasteiger partial charge in [-0.3, -0.25) is 10.1 Å². The Kier molecular flexibility index (Phi) is 6.22. The van der Waals surface area contributed by atoms with E-state index in [4.69, 9.17) is 0 Å². The van der Waals surface area contributed by atoms with E-state index in [1.54, 1.807) is 16.4 Å². The Morgan fingerprint density at radius 2 is 2.08 bits per heavy atom. The number of carbonyl (C=O) groups excluding carboxylic acids is 1. The normalized spacial score (nSPS) is 10.9. The molecule has 1 aromatic carbocycles. The highest BCUT2D eigenvalue weighted by molar-refractivity contribution is 8.01. The van der Waals surface area contributed by atoms with E-state index >= 15 is 0 Å². The summed E-state index contributed by atoms with van der Waals surface area (Å²) in [5.41, 5.74) is 3.08. The number of aryl methyl sites for hydroxylation is 2. The second-order valence-corrected chi connectivity index (χ2v) is 8.74. The van der Waals surface area contributed by atoms with E-state index in [0.717, 1.165) is 26.9 Å². The van der Waals surface area contributed by atoms with Crippen molar-refractivity contribution in [2.75, 3.05) is 16.8 Å². The van der Waals surface area contributed by atoms with Crippen molar-refractivity contribution in [3.63, 3.8) is 0 Å². The third kappa shape index (κ3) is 4.59. The average Bonchev–Trinajstić information content (AvgIpc) is 3.25. The van der Waals surface area contributed by atoms with Crippen LogP contribution in [0, 0.1) is 13.8 Å². The van der Waals surface area contributed by atoms with Crippen molar-refractivity contribution in [1.82, 2.24) is 30.4 Å². The van der Waals surface area contributed by atoms with Gasteiger partial charge in [-0.1, -0.05) is 53.9 Å². The van der Waals surface area contributed by atoms with E-state index in [1.165, 1.54) is 23.1 Å². The van der Waals surface area contributed by atoms with Gasteiger partial charge in [0.1, 0.15) is 0 Å². The van der Waals surface area contributed by atoms with E-state index in [9.17, 15) is 4.79 Å². The van der Waals surface area contributed by atoms with E-state index in [1.807, 2.05) is 39.0 Å². The minimum Gasteiger partial charge on any atom is -0.300 e. The van der Waals surface area contributed by atoms with E-state index in [0.29, 0.717) is 10.3 Å². The summed E-state index contributed by atoms with van der Waals surface area (Å²) in [5.74, 6) is 0.926. The molecule has 0 unspecified atom stereocenters. The van der Waals surface area contributed by atoms with Gasteiger partial charge in [-0.2, -0.15) is 4.68 Å². The second kappa shape index (κ2) is 8.60. The van der Waals surface area contributed by atoms with Crippen LogP contribution >= 0.6 is 34.9 Å². The fraction of sp³-hybridized carbons (Fsp3) is 0.333. The smallest absolute Gasteiger partial charge is 0.236 e. The molecule has 3 aromatic rings. The Bertz CT molecular complexity index is 908. The summed E-state index contributed by atoms with van der Waals surface area (Å²) >= 11 is 4.24. The van der Waals surface area contributed by atoms with Gasteiger partial charge in [0, 0.05) is 0 Å². The number of rotatable bonds is 7. The van der Waals surface area contributed by atoms with Crippen LogP contribution in [0.3, 0.4) is 0 Å². The molecule has 2 heterocycles. The maximum Gasteiger partial charge on any atom is 0.236 e. The van der Waals surface area contributed by atoms with Crippen LogP contribution in [0.5, 0.6) is 0 Å².